The standard InChI is InChI=1S/C26H28N6O4S2/c1-2-36-22-6-3-7-23-24(22)29-26(37-23)31-18-16-30(17-19-31)25(33)20-8-10-21(11-9-20)38(34,35)32(14-4-12-27)15-5-13-28/h3,6-11H,2,4-5,14-19H2,1H3. The first-order valence-electron chi connectivity index (χ1n) is 12.3. The Bertz CT molecular complexity index is 1450. The lowest BCUT2D eigenvalue weighted by molar-refractivity contribution is 0.0746. The first-order valence-corrected chi connectivity index (χ1v) is 14.6. The molecule has 1 aliphatic heterocycles. The second kappa shape index (κ2) is 12.2. The summed E-state index contributed by atoms with van der Waals surface area (Å²) in [5.41, 5.74) is 1.25. The molecule has 0 radical (unpaired) electrons. The first-order chi connectivity index (χ1) is 18.4. The zero-order valence-electron chi connectivity index (χ0n) is 21.0. The van der Waals surface area contributed by atoms with Crippen LogP contribution in [0, 0.1) is 22.7 Å². The van der Waals surface area contributed by atoms with Crippen molar-refractivity contribution in [2.45, 2.75) is 24.7 Å². The number of amides is 1. The molecule has 1 saturated heterocycles. The van der Waals surface area contributed by atoms with Crippen LogP contribution in [0.15, 0.2) is 47.4 Å². The molecule has 0 aliphatic carbocycles. The summed E-state index contributed by atoms with van der Waals surface area (Å²) in [6.45, 7) is 4.83. The quantitative estimate of drug-likeness (QED) is 0.374. The highest BCUT2D eigenvalue weighted by atomic mass is 32.2. The minimum atomic E-state index is -3.88. The number of benzene rings is 2. The maximum absolute atomic E-state index is 13.1. The fourth-order valence-corrected chi connectivity index (χ4v) is 6.70. The molecule has 0 bridgehead atoms. The van der Waals surface area contributed by atoms with Gasteiger partial charge in [0.05, 0.1) is 28.3 Å². The van der Waals surface area contributed by atoms with E-state index in [0.717, 1.165) is 25.4 Å². The highest BCUT2D eigenvalue weighted by Crippen LogP contribution is 2.34. The molecule has 1 fully saturated rings. The van der Waals surface area contributed by atoms with Crippen molar-refractivity contribution >= 4 is 42.6 Å². The zero-order chi connectivity index (χ0) is 27.1. The Morgan fingerprint density at radius 1 is 1.05 bits per heavy atom. The fourth-order valence-electron chi connectivity index (χ4n) is 4.22. The third-order valence-corrected chi connectivity index (χ3v) is 9.19. The topological polar surface area (TPSA) is 131 Å². The molecule has 0 N–H and O–H groups in total. The highest BCUT2D eigenvalue weighted by molar-refractivity contribution is 7.89. The molecule has 12 heteroatoms. The number of aromatic nitrogens is 1. The molecule has 0 saturated carbocycles. The molecule has 1 aliphatic rings. The van der Waals surface area contributed by atoms with Crippen LogP contribution >= 0.6 is 11.3 Å². The van der Waals surface area contributed by atoms with E-state index < -0.39 is 10.0 Å². The Morgan fingerprint density at radius 2 is 1.71 bits per heavy atom. The number of hydrogen-bond acceptors (Lipinski definition) is 9. The van der Waals surface area contributed by atoms with Crippen molar-refractivity contribution in [3.8, 4) is 17.9 Å². The molecular weight excluding hydrogens is 524 g/mol. The monoisotopic (exact) mass is 552 g/mol. The van der Waals surface area contributed by atoms with E-state index in [1.165, 1.54) is 24.3 Å². The number of para-hydroxylation sites is 1. The van der Waals surface area contributed by atoms with E-state index in [-0.39, 0.29) is 36.7 Å². The third kappa shape index (κ3) is 5.89. The van der Waals surface area contributed by atoms with Gasteiger partial charge in [-0.2, -0.15) is 14.8 Å². The highest BCUT2D eigenvalue weighted by Gasteiger charge is 2.27. The van der Waals surface area contributed by atoms with Gasteiger partial charge in [0.15, 0.2) is 5.13 Å². The second-order valence-electron chi connectivity index (χ2n) is 8.56. The van der Waals surface area contributed by atoms with Gasteiger partial charge in [0.2, 0.25) is 10.0 Å². The number of ether oxygens (including phenoxy) is 1. The number of carbonyl (C=O) groups excluding carboxylic acids is 1. The van der Waals surface area contributed by atoms with Crippen molar-refractivity contribution < 1.29 is 17.9 Å². The van der Waals surface area contributed by atoms with Crippen LogP contribution in [0.25, 0.3) is 10.2 Å². The summed E-state index contributed by atoms with van der Waals surface area (Å²) in [5.74, 6) is 0.604. The average molecular weight is 553 g/mol. The van der Waals surface area contributed by atoms with Crippen molar-refractivity contribution in [3.05, 3.63) is 48.0 Å². The van der Waals surface area contributed by atoms with Crippen molar-refractivity contribution in [1.82, 2.24) is 14.2 Å². The van der Waals surface area contributed by atoms with Gasteiger partial charge in [-0.3, -0.25) is 4.79 Å². The van der Waals surface area contributed by atoms with Crippen LogP contribution in [0.5, 0.6) is 5.75 Å². The molecule has 198 valence electrons. The largest absolute Gasteiger partial charge is 0.492 e. The number of sulfonamides is 1. The maximum Gasteiger partial charge on any atom is 0.253 e. The van der Waals surface area contributed by atoms with E-state index in [0.29, 0.717) is 38.3 Å². The molecule has 0 spiro atoms. The summed E-state index contributed by atoms with van der Waals surface area (Å²) in [7, 11) is -3.88. The molecule has 3 aromatic rings. The molecule has 4 rings (SSSR count). The van der Waals surface area contributed by atoms with E-state index in [1.807, 2.05) is 37.3 Å². The number of hydrogen-bond donors (Lipinski definition) is 0. The van der Waals surface area contributed by atoms with Gasteiger partial charge < -0.3 is 14.5 Å². The van der Waals surface area contributed by atoms with Gasteiger partial charge in [0.25, 0.3) is 5.91 Å². The van der Waals surface area contributed by atoms with E-state index in [2.05, 4.69) is 4.90 Å². The number of thiazole rings is 1. The molecule has 1 aromatic heterocycles. The van der Waals surface area contributed by atoms with E-state index in [9.17, 15) is 13.2 Å². The molecule has 0 unspecified atom stereocenters. The molecule has 1 amide bonds. The zero-order valence-corrected chi connectivity index (χ0v) is 22.7. The molecule has 2 heterocycles. The van der Waals surface area contributed by atoms with Crippen LogP contribution in [0.1, 0.15) is 30.1 Å². The Labute approximate surface area is 226 Å². The van der Waals surface area contributed by atoms with Crippen LogP contribution in [0.2, 0.25) is 0 Å². The Hall–Kier alpha value is -3.71. The minimum Gasteiger partial charge on any atom is -0.492 e. The Kier molecular flexibility index (Phi) is 8.79. The predicted molar refractivity (Wildman–Crippen MR) is 145 cm³/mol. The van der Waals surface area contributed by atoms with Gasteiger partial charge in [-0.1, -0.05) is 17.4 Å². The summed E-state index contributed by atoms with van der Waals surface area (Å²) < 4.78 is 33.9. The second-order valence-corrected chi connectivity index (χ2v) is 11.5. The normalized spacial score (nSPS) is 13.9. The number of nitrogens with zero attached hydrogens (tertiary/aromatic N) is 6. The van der Waals surface area contributed by atoms with Crippen LogP contribution in [0.3, 0.4) is 0 Å². The molecule has 38 heavy (non-hydrogen) atoms. The number of anilines is 1. The maximum atomic E-state index is 13.1. The van der Waals surface area contributed by atoms with Crippen molar-refractivity contribution in [2.75, 3.05) is 50.8 Å². The average Bonchev–Trinajstić information content (AvgIpc) is 3.38. The lowest BCUT2D eigenvalue weighted by Crippen LogP contribution is -2.48. The lowest BCUT2D eigenvalue weighted by atomic mass is 10.2. The van der Waals surface area contributed by atoms with E-state index in [4.69, 9.17) is 20.2 Å². The van der Waals surface area contributed by atoms with Gasteiger partial charge in [-0.05, 0) is 43.3 Å². The third-order valence-electron chi connectivity index (χ3n) is 6.19. The number of piperazine rings is 1. The van der Waals surface area contributed by atoms with E-state index >= 15 is 0 Å². The van der Waals surface area contributed by atoms with Gasteiger partial charge in [-0.25, -0.2) is 13.4 Å². The molecule has 2 aromatic carbocycles. The van der Waals surface area contributed by atoms with Crippen LogP contribution in [0.4, 0.5) is 5.13 Å². The van der Waals surface area contributed by atoms with Crippen molar-refractivity contribution in [3.63, 3.8) is 0 Å². The lowest BCUT2D eigenvalue weighted by Gasteiger charge is -2.34. The van der Waals surface area contributed by atoms with Gasteiger partial charge in [0, 0.05) is 57.7 Å². The Balaban J connectivity index is 1.41. The van der Waals surface area contributed by atoms with Gasteiger partial charge >= 0.3 is 0 Å². The number of fused-ring (bicyclic) bond motifs is 1. The summed E-state index contributed by atoms with van der Waals surface area (Å²) in [6, 6.07) is 15.6. The molecule has 10 nitrogen and oxygen atoms in total. The van der Waals surface area contributed by atoms with Crippen LogP contribution in [-0.4, -0.2) is 74.4 Å². The van der Waals surface area contributed by atoms with Gasteiger partial charge in [0.1, 0.15) is 11.3 Å². The Morgan fingerprint density at radius 3 is 2.32 bits per heavy atom. The number of nitriles is 2. The van der Waals surface area contributed by atoms with Crippen LogP contribution < -0.4 is 9.64 Å². The summed E-state index contributed by atoms with van der Waals surface area (Å²) in [5, 5.41) is 18.6. The van der Waals surface area contributed by atoms with Gasteiger partial charge in [-0.15, -0.1) is 0 Å². The molecule has 0 atom stereocenters. The SMILES string of the molecule is CCOc1cccc2sc(N3CCN(C(=O)c4ccc(S(=O)(=O)N(CCC#N)CCC#N)cc4)CC3)nc12. The van der Waals surface area contributed by atoms with E-state index in [1.54, 1.807) is 16.2 Å². The minimum absolute atomic E-state index is 0.00702. The first kappa shape index (κ1) is 27.3. The van der Waals surface area contributed by atoms with Crippen LogP contribution in [-0.2, 0) is 10.0 Å². The summed E-state index contributed by atoms with van der Waals surface area (Å²) >= 11 is 1.60. The molecular formula is C26H28N6O4S2. The smallest absolute Gasteiger partial charge is 0.253 e. The van der Waals surface area contributed by atoms with Crippen molar-refractivity contribution in [1.29, 1.82) is 10.5 Å². The summed E-state index contributed by atoms with van der Waals surface area (Å²) in [4.78, 5) is 21.9. The number of rotatable bonds is 10. The predicted octanol–water partition coefficient (Wildman–Crippen LogP) is 3.48. The fraction of sp³-hybridized carbons (Fsp3) is 0.385. The van der Waals surface area contributed by atoms with Crippen molar-refractivity contribution in [2.24, 2.45) is 0 Å². The summed E-state index contributed by atoms with van der Waals surface area (Å²) in [6.07, 6.45) is 0.0514. The number of carbonyl (C=O) groups is 1.